The van der Waals surface area contributed by atoms with Crippen molar-refractivity contribution in [3.8, 4) is 23.2 Å². The van der Waals surface area contributed by atoms with Gasteiger partial charge in [0.1, 0.15) is 47.0 Å². The SMILES string of the molecule is C[C@H](c1cncnc1N)N(C)c1nc(OC[C@@H]2C[C@@H](C(F)F)CN2C)nc2c(F)c(-c3ccc(F)c4sc(N)c(C#N)c34)c(Cl)cc12. The zero-order valence-electron chi connectivity index (χ0n) is 25.3. The Labute approximate surface area is 275 Å². The Hall–Kier alpha value is -4.52. The Balaban J connectivity index is 1.52. The van der Waals surface area contributed by atoms with Crippen LogP contribution in [0.4, 0.5) is 34.2 Å². The van der Waals surface area contributed by atoms with Gasteiger partial charge in [0.15, 0.2) is 5.82 Å². The minimum absolute atomic E-state index is 0.00137. The number of nitrogen functional groups attached to an aromatic ring is 2. The number of hydrogen-bond donors (Lipinski definition) is 2. The molecule has 0 bridgehead atoms. The number of nitrogens with two attached hydrogens (primary N) is 2. The van der Waals surface area contributed by atoms with E-state index in [4.69, 9.17) is 27.8 Å². The summed E-state index contributed by atoms with van der Waals surface area (Å²) in [6.45, 7) is 2.01. The second kappa shape index (κ2) is 12.6. The van der Waals surface area contributed by atoms with Crippen molar-refractivity contribution in [2.75, 3.05) is 43.6 Å². The number of hydrogen-bond acceptors (Lipinski definition) is 11. The van der Waals surface area contributed by atoms with Gasteiger partial charge in [-0.3, -0.25) is 4.90 Å². The summed E-state index contributed by atoms with van der Waals surface area (Å²) in [6, 6.07) is 4.94. The molecule has 2 aromatic carbocycles. The van der Waals surface area contributed by atoms with E-state index >= 15 is 4.39 Å². The van der Waals surface area contributed by atoms with E-state index in [0.29, 0.717) is 5.56 Å². The molecular formula is C31H28ClF4N9OS. The van der Waals surface area contributed by atoms with Crippen LogP contribution in [-0.4, -0.2) is 64.6 Å². The van der Waals surface area contributed by atoms with E-state index in [1.807, 2.05) is 13.0 Å². The van der Waals surface area contributed by atoms with Gasteiger partial charge < -0.3 is 21.1 Å². The van der Waals surface area contributed by atoms with E-state index in [-0.39, 0.29) is 91.0 Å². The van der Waals surface area contributed by atoms with Gasteiger partial charge in [0, 0.05) is 53.6 Å². The summed E-state index contributed by atoms with van der Waals surface area (Å²) in [5, 5.41) is 10.2. The van der Waals surface area contributed by atoms with Crippen LogP contribution in [0.2, 0.25) is 5.02 Å². The first-order chi connectivity index (χ1) is 22.4. The number of nitrogens with zero attached hydrogens (tertiary/aromatic N) is 7. The minimum Gasteiger partial charge on any atom is -0.462 e. The van der Waals surface area contributed by atoms with Crippen molar-refractivity contribution in [3.63, 3.8) is 0 Å². The molecule has 0 radical (unpaired) electrons. The van der Waals surface area contributed by atoms with Crippen LogP contribution in [0, 0.1) is 28.9 Å². The molecule has 10 nitrogen and oxygen atoms in total. The quantitative estimate of drug-likeness (QED) is 0.175. The standard InChI is InChI=1S/C31H28ClF4N9OS/c1-13(19-9-40-12-41-28(19)38)45(3)30-17-7-20(32)23(16-4-5-21(33)26-22(16)18(8-37)29(39)47-26)24(34)25(17)42-31(43-30)46-11-15-6-14(27(35)36)10-44(15)2/h4-5,7,9,12-15,27H,6,10-11,39H2,1-3H3,(H2,38,40,41)/t13-,14-,15+/m1/s1. The van der Waals surface area contributed by atoms with Gasteiger partial charge in [-0.2, -0.15) is 15.2 Å². The Bertz CT molecular complexity index is 2060. The maximum Gasteiger partial charge on any atom is 0.319 e. The molecule has 0 spiro atoms. The van der Waals surface area contributed by atoms with Crippen molar-refractivity contribution >= 4 is 60.6 Å². The number of thiophene rings is 1. The summed E-state index contributed by atoms with van der Waals surface area (Å²) < 4.78 is 64.6. The number of rotatable bonds is 8. The highest BCUT2D eigenvalue weighted by Crippen LogP contribution is 2.46. The van der Waals surface area contributed by atoms with E-state index in [1.54, 1.807) is 30.1 Å². The summed E-state index contributed by atoms with van der Waals surface area (Å²) in [5.41, 5.74) is 12.6. The zero-order chi connectivity index (χ0) is 33.7. The van der Waals surface area contributed by atoms with Gasteiger partial charge in [0.2, 0.25) is 6.43 Å². The molecule has 47 heavy (non-hydrogen) atoms. The summed E-state index contributed by atoms with van der Waals surface area (Å²) in [7, 11) is 3.44. The number of likely N-dealkylation sites (tertiary alicyclic amines) is 1. The maximum atomic E-state index is 16.9. The van der Waals surface area contributed by atoms with Crippen LogP contribution in [0.3, 0.4) is 0 Å². The largest absolute Gasteiger partial charge is 0.462 e. The van der Waals surface area contributed by atoms with Gasteiger partial charge in [-0.05, 0) is 38.1 Å². The maximum absolute atomic E-state index is 16.9. The minimum atomic E-state index is -2.47. The van der Waals surface area contributed by atoms with E-state index in [9.17, 15) is 18.4 Å². The van der Waals surface area contributed by atoms with Gasteiger partial charge in [-0.15, -0.1) is 11.3 Å². The van der Waals surface area contributed by atoms with Gasteiger partial charge in [-0.25, -0.2) is 27.5 Å². The number of benzene rings is 2. The van der Waals surface area contributed by atoms with Gasteiger partial charge in [0.05, 0.1) is 21.3 Å². The van der Waals surface area contributed by atoms with Crippen LogP contribution in [0.1, 0.15) is 30.5 Å². The summed E-state index contributed by atoms with van der Waals surface area (Å²) >= 11 is 7.65. The lowest BCUT2D eigenvalue weighted by Gasteiger charge is -2.28. The third kappa shape index (κ3) is 5.70. The molecule has 6 rings (SSSR count). The Morgan fingerprint density at radius 2 is 2.02 bits per heavy atom. The number of likely N-dealkylation sites (N-methyl/N-ethyl adjacent to an activating group) is 1. The van der Waals surface area contributed by atoms with E-state index in [0.717, 1.165) is 17.4 Å². The fourth-order valence-electron chi connectivity index (χ4n) is 5.98. The second-order valence-electron chi connectivity index (χ2n) is 11.4. The van der Waals surface area contributed by atoms with Crippen LogP contribution in [0.25, 0.3) is 32.1 Å². The molecule has 16 heteroatoms. The number of ether oxygens (including phenoxy) is 1. The molecule has 5 aromatic rings. The fourth-order valence-corrected chi connectivity index (χ4v) is 7.23. The molecule has 4 heterocycles. The molecule has 0 aliphatic carbocycles. The van der Waals surface area contributed by atoms with Gasteiger partial charge in [0.25, 0.3) is 0 Å². The van der Waals surface area contributed by atoms with Crippen molar-refractivity contribution < 1.29 is 22.3 Å². The van der Waals surface area contributed by atoms with Crippen LogP contribution in [0.15, 0.2) is 30.7 Å². The normalized spacial score (nSPS) is 17.4. The van der Waals surface area contributed by atoms with Crippen molar-refractivity contribution in [2.45, 2.75) is 31.9 Å². The highest BCUT2D eigenvalue weighted by molar-refractivity contribution is 7.23. The number of anilines is 3. The smallest absolute Gasteiger partial charge is 0.319 e. The molecule has 1 fully saturated rings. The Morgan fingerprint density at radius 3 is 2.70 bits per heavy atom. The number of nitriles is 1. The average Bonchev–Trinajstić information content (AvgIpc) is 3.59. The Kier molecular flexibility index (Phi) is 8.68. The molecule has 1 aliphatic rings. The molecule has 3 aromatic heterocycles. The van der Waals surface area contributed by atoms with Crippen molar-refractivity contribution in [3.05, 3.63) is 58.5 Å². The average molecular weight is 686 g/mol. The number of halogens is 5. The molecule has 4 N–H and O–H groups in total. The molecular weight excluding hydrogens is 658 g/mol. The predicted molar refractivity (Wildman–Crippen MR) is 174 cm³/mol. The van der Waals surface area contributed by atoms with Gasteiger partial charge in [-0.1, -0.05) is 17.7 Å². The third-order valence-corrected chi connectivity index (χ3v) is 9.99. The van der Waals surface area contributed by atoms with Crippen LogP contribution < -0.4 is 21.1 Å². The monoisotopic (exact) mass is 685 g/mol. The summed E-state index contributed by atoms with van der Waals surface area (Å²) in [5.74, 6) is -1.83. The molecule has 3 atom stereocenters. The first-order valence-corrected chi connectivity index (χ1v) is 15.6. The molecule has 244 valence electrons. The van der Waals surface area contributed by atoms with E-state index in [1.165, 1.54) is 18.5 Å². The lowest BCUT2D eigenvalue weighted by atomic mass is 9.97. The number of alkyl halides is 2. The Morgan fingerprint density at radius 1 is 1.26 bits per heavy atom. The first-order valence-electron chi connectivity index (χ1n) is 14.4. The molecule has 0 amide bonds. The van der Waals surface area contributed by atoms with Crippen LogP contribution >= 0.6 is 22.9 Å². The summed E-state index contributed by atoms with van der Waals surface area (Å²) in [6.07, 6.45) is 0.618. The van der Waals surface area contributed by atoms with Gasteiger partial charge >= 0.3 is 6.01 Å². The third-order valence-electron chi connectivity index (χ3n) is 8.66. The van der Waals surface area contributed by atoms with Crippen LogP contribution in [-0.2, 0) is 0 Å². The molecule has 0 saturated carbocycles. The highest BCUT2D eigenvalue weighted by Gasteiger charge is 2.35. The fraction of sp³-hybridized carbons (Fsp3) is 0.323. The van der Waals surface area contributed by atoms with Crippen LogP contribution in [0.5, 0.6) is 6.01 Å². The van der Waals surface area contributed by atoms with E-state index in [2.05, 4.69) is 19.9 Å². The van der Waals surface area contributed by atoms with E-state index < -0.39 is 30.0 Å². The number of fused-ring (bicyclic) bond motifs is 2. The molecule has 1 saturated heterocycles. The van der Waals surface area contributed by atoms with Crippen molar-refractivity contribution in [1.82, 2.24) is 24.8 Å². The first kappa shape index (κ1) is 32.4. The second-order valence-corrected chi connectivity index (χ2v) is 12.9. The topological polar surface area (TPSA) is 143 Å². The molecule has 1 aliphatic heterocycles. The van der Waals surface area contributed by atoms with Crippen molar-refractivity contribution in [1.29, 1.82) is 5.26 Å². The summed E-state index contributed by atoms with van der Waals surface area (Å²) in [4.78, 5) is 20.6. The number of aromatic nitrogens is 4. The van der Waals surface area contributed by atoms with Crippen molar-refractivity contribution in [2.24, 2.45) is 5.92 Å². The predicted octanol–water partition coefficient (Wildman–Crippen LogP) is 6.43. The lowest BCUT2D eigenvalue weighted by molar-refractivity contribution is 0.0821. The highest BCUT2D eigenvalue weighted by atomic mass is 35.5. The molecule has 0 unspecified atom stereocenters. The lowest BCUT2D eigenvalue weighted by Crippen LogP contribution is -2.31. The zero-order valence-corrected chi connectivity index (χ0v) is 26.9.